The van der Waals surface area contributed by atoms with Gasteiger partial charge < -0.3 is 0 Å². The molecule has 0 radical (unpaired) electrons. The molecule has 2 heterocycles. The molecule has 1 aromatic carbocycles. The zero-order valence-corrected chi connectivity index (χ0v) is 16.6. The topological polar surface area (TPSA) is 69.8 Å². The van der Waals surface area contributed by atoms with Crippen molar-refractivity contribution in [1.29, 1.82) is 0 Å². The number of nitrogens with zero attached hydrogens (tertiary/aromatic N) is 4. The molecule has 0 aliphatic heterocycles. The summed E-state index contributed by atoms with van der Waals surface area (Å²) in [6.07, 6.45) is 0.925. The van der Waals surface area contributed by atoms with Crippen LogP contribution >= 0.6 is 23.4 Å². The lowest BCUT2D eigenvalue weighted by atomic mass is 10.2. The van der Waals surface area contributed by atoms with Crippen molar-refractivity contribution < 1.29 is 0 Å². The molecule has 3 aromatic rings. The quantitative estimate of drug-likeness (QED) is 0.505. The first kappa shape index (κ1) is 18.7. The van der Waals surface area contributed by atoms with Gasteiger partial charge in [0.1, 0.15) is 10.4 Å². The third-order valence-electron chi connectivity index (χ3n) is 4.24. The molecule has 1 atom stereocenters. The minimum absolute atomic E-state index is 0.266. The van der Waals surface area contributed by atoms with Crippen LogP contribution in [0.4, 0.5) is 0 Å². The first-order chi connectivity index (χ1) is 12.3. The van der Waals surface area contributed by atoms with E-state index in [1.807, 2.05) is 12.1 Å². The molecule has 0 N–H and O–H groups in total. The lowest BCUT2D eigenvalue weighted by Gasteiger charge is -2.14. The molecular formula is C18H19ClN4O2S. The van der Waals surface area contributed by atoms with Crippen LogP contribution in [0.15, 0.2) is 38.9 Å². The van der Waals surface area contributed by atoms with E-state index in [0.29, 0.717) is 26.9 Å². The molecule has 0 saturated heterocycles. The molecule has 8 heteroatoms. The van der Waals surface area contributed by atoms with E-state index in [0.717, 1.165) is 16.6 Å². The predicted molar refractivity (Wildman–Crippen MR) is 106 cm³/mol. The highest BCUT2D eigenvalue weighted by Crippen LogP contribution is 2.30. The molecule has 26 heavy (non-hydrogen) atoms. The molecule has 0 aliphatic carbocycles. The molecule has 0 unspecified atom stereocenters. The van der Waals surface area contributed by atoms with Crippen LogP contribution in [-0.2, 0) is 14.1 Å². The van der Waals surface area contributed by atoms with Crippen molar-refractivity contribution in [2.75, 3.05) is 0 Å². The van der Waals surface area contributed by atoms with E-state index in [1.54, 1.807) is 19.2 Å². The second kappa shape index (κ2) is 7.25. The highest BCUT2D eigenvalue weighted by Gasteiger charge is 2.19. The van der Waals surface area contributed by atoms with Crippen LogP contribution in [0.3, 0.4) is 0 Å². The van der Waals surface area contributed by atoms with Gasteiger partial charge in [-0.05, 0) is 18.6 Å². The van der Waals surface area contributed by atoms with Crippen molar-refractivity contribution in [3.63, 3.8) is 0 Å². The maximum atomic E-state index is 12.7. The molecule has 0 amide bonds. The van der Waals surface area contributed by atoms with Gasteiger partial charge in [-0.2, -0.15) is 0 Å². The SMILES string of the molecule is CC[C@@H](C)Sc1nc(-c2cccc(Cl)c2)nc2c1c(=O)n(C)c(=O)n2C. The van der Waals surface area contributed by atoms with Crippen molar-refractivity contribution in [2.24, 2.45) is 14.1 Å². The van der Waals surface area contributed by atoms with Crippen LogP contribution in [0.5, 0.6) is 0 Å². The van der Waals surface area contributed by atoms with E-state index in [-0.39, 0.29) is 10.8 Å². The number of benzene rings is 1. The number of hydrogen-bond acceptors (Lipinski definition) is 5. The molecule has 0 aliphatic rings. The Morgan fingerprint density at radius 3 is 2.58 bits per heavy atom. The third-order valence-corrected chi connectivity index (χ3v) is 5.73. The number of aromatic nitrogens is 4. The first-order valence-electron chi connectivity index (χ1n) is 8.23. The second-order valence-corrected chi connectivity index (χ2v) is 7.97. The van der Waals surface area contributed by atoms with E-state index in [2.05, 4.69) is 23.8 Å². The summed E-state index contributed by atoms with van der Waals surface area (Å²) in [4.78, 5) is 34.2. The average Bonchev–Trinajstić information content (AvgIpc) is 2.63. The Morgan fingerprint density at radius 2 is 1.92 bits per heavy atom. The van der Waals surface area contributed by atoms with Crippen molar-refractivity contribution in [2.45, 2.75) is 30.5 Å². The minimum Gasteiger partial charge on any atom is -0.280 e. The fourth-order valence-corrected chi connectivity index (χ4v) is 3.72. The van der Waals surface area contributed by atoms with Gasteiger partial charge in [-0.3, -0.25) is 13.9 Å². The number of halogens is 1. The molecule has 136 valence electrons. The van der Waals surface area contributed by atoms with E-state index in [9.17, 15) is 9.59 Å². The van der Waals surface area contributed by atoms with E-state index < -0.39 is 5.69 Å². The molecule has 3 rings (SSSR count). The van der Waals surface area contributed by atoms with Crippen LogP contribution in [0, 0.1) is 0 Å². The Kier molecular flexibility index (Phi) is 5.20. The highest BCUT2D eigenvalue weighted by atomic mass is 35.5. The highest BCUT2D eigenvalue weighted by molar-refractivity contribution is 8.00. The molecule has 0 saturated carbocycles. The standard InChI is InChI=1S/C18H19ClN4O2S/c1-5-10(2)26-16-13-15(22(3)18(25)23(4)17(13)24)20-14(21-16)11-7-6-8-12(19)9-11/h6-10H,5H2,1-4H3/t10-/m1/s1. The normalized spacial score (nSPS) is 12.5. The number of aryl methyl sites for hydroxylation is 1. The van der Waals surface area contributed by atoms with Gasteiger partial charge in [0.2, 0.25) is 0 Å². The molecule has 0 bridgehead atoms. The van der Waals surface area contributed by atoms with Crippen LogP contribution < -0.4 is 11.2 Å². The monoisotopic (exact) mass is 390 g/mol. The number of hydrogen-bond donors (Lipinski definition) is 0. The van der Waals surface area contributed by atoms with Gasteiger partial charge in [0.15, 0.2) is 11.5 Å². The van der Waals surface area contributed by atoms with Gasteiger partial charge in [-0.1, -0.05) is 37.6 Å². The van der Waals surface area contributed by atoms with Crippen molar-refractivity contribution >= 4 is 34.4 Å². The van der Waals surface area contributed by atoms with Crippen LogP contribution in [-0.4, -0.2) is 24.4 Å². The summed E-state index contributed by atoms with van der Waals surface area (Å²) in [6, 6.07) is 7.20. The summed E-state index contributed by atoms with van der Waals surface area (Å²) < 4.78 is 2.47. The number of rotatable bonds is 4. The maximum absolute atomic E-state index is 12.7. The van der Waals surface area contributed by atoms with Crippen LogP contribution in [0.1, 0.15) is 20.3 Å². The minimum atomic E-state index is -0.419. The largest absolute Gasteiger partial charge is 0.332 e. The Labute approximate surface area is 159 Å². The summed E-state index contributed by atoms with van der Waals surface area (Å²) in [5, 5.41) is 1.78. The summed E-state index contributed by atoms with van der Waals surface area (Å²) in [7, 11) is 3.07. The summed E-state index contributed by atoms with van der Waals surface area (Å²) in [5.41, 5.74) is 0.261. The fourth-order valence-electron chi connectivity index (χ4n) is 2.54. The molecular weight excluding hydrogens is 372 g/mol. The molecule has 6 nitrogen and oxygen atoms in total. The van der Waals surface area contributed by atoms with Gasteiger partial charge in [-0.25, -0.2) is 14.8 Å². The molecule has 0 spiro atoms. The van der Waals surface area contributed by atoms with Crippen LogP contribution in [0.25, 0.3) is 22.4 Å². The fraction of sp³-hybridized carbons (Fsp3) is 0.333. The Balaban J connectivity index is 2.40. The third kappa shape index (κ3) is 3.29. The number of thioether (sulfide) groups is 1. The Bertz CT molecular complexity index is 1110. The van der Waals surface area contributed by atoms with Gasteiger partial charge >= 0.3 is 5.69 Å². The van der Waals surface area contributed by atoms with Gasteiger partial charge in [-0.15, -0.1) is 11.8 Å². The van der Waals surface area contributed by atoms with Crippen molar-refractivity contribution in [3.8, 4) is 11.4 Å². The smallest absolute Gasteiger partial charge is 0.280 e. The predicted octanol–water partition coefficient (Wildman–Crippen LogP) is 3.24. The van der Waals surface area contributed by atoms with E-state index in [4.69, 9.17) is 11.6 Å². The zero-order valence-electron chi connectivity index (χ0n) is 15.0. The first-order valence-corrected chi connectivity index (χ1v) is 9.49. The van der Waals surface area contributed by atoms with Crippen molar-refractivity contribution in [1.82, 2.24) is 19.1 Å². The van der Waals surface area contributed by atoms with E-state index in [1.165, 1.54) is 23.4 Å². The lowest BCUT2D eigenvalue weighted by Crippen LogP contribution is -2.37. The summed E-state index contributed by atoms with van der Waals surface area (Å²) in [5.74, 6) is 0.439. The average molecular weight is 391 g/mol. The summed E-state index contributed by atoms with van der Waals surface area (Å²) in [6.45, 7) is 4.15. The van der Waals surface area contributed by atoms with Gasteiger partial charge in [0, 0.05) is 29.9 Å². The zero-order chi connectivity index (χ0) is 19.0. The lowest BCUT2D eigenvalue weighted by molar-refractivity contribution is 0.703. The Hall–Kier alpha value is -2.12. The Morgan fingerprint density at radius 1 is 1.19 bits per heavy atom. The maximum Gasteiger partial charge on any atom is 0.332 e. The summed E-state index contributed by atoms with van der Waals surface area (Å²) >= 11 is 7.60. The molecule has 2 aromatic heterocycles. The van der Waals surface area contributed by atoms with Gasteiger partial charge in [0.05, 0.1) is 0 Å². The van der Waals surface area contributed by atoms with Crippen LogP contribution in [0.2, 0.25) is 5.02 Å². The number of fused-ring (bicyclic) bond motifs is 1. The van der Waals surface area contributed by atoms with E-state index >= 15 is 0 Å². The molecule has 0 fully saturated rings. The van der Waals surface area contributed by atoms with Gasteiger partial charge in [0.25, 0.3) is 5.56 Å². The van der Waals surface area contributed by atoms with Crippen molar-refractivity contribution in [3.05, 3.63) is 50.1 Å². The second-order valence-electron chi connectivity index (χ2n) is 6.10.